The molecule has 0 spiro atoms. The second-order valence-electron chi connectivity index (χ2n) is 5.75. The Morgan fingerprint density at radius 1 is 0.917 bits per heavy atom. The van der Waals surface area contributed by atoms with Crippen LogP contribution in [0.3, 0.4) is 0 Å². The van der Waals surface area contributed by atoms with E-state index >= 15 is 0 Å². The Bertz CT molecular complexity index is 125. The third kappa shape index (κ3) is 4.76. The average Bonchev–Trinajstić information content (AvgIpc) is 1.78. The summed E-state index contributed by atoms with van der Waals surface area (Å²) >= 11 is 0. The molecule has 1 heteroatoms. The topological polar surface area (TPSA) is 3.24 Å². The van der Waals surface area contributed by atoms with Crippen LogP contribution in [0.1, 0.15) is 48.5 Å². The number of hydrogen-bond acceptors (Lipinski definition) is 1. The minimum atomic E-state index is 0.308. The van der Waals surface area contributed by atoms with Gasteiger partial charge in [-0.05, 0) is 32.7 Å². The zero-order valence-electron chi connectivity index (χ0n) is 9.86. The van der Waals surface area contributed by atoms with Crippen LogP contribution in [0.25, 0.3) is 0 Å². The van der Waals surface area contributed by atoms with E-state index in [1.165, 1.54) is 6.54 Å². The number of rotatable bonds is 2. The first-order chi connectivity index (χ1) is 5.17. The Morgan fingerprint density at radius 2 is 1.33 bits per heavy atom. The molecule has 1 nitrogen and oxygen atoms in total. The predicted molar refractivity (Wildman–Crippen MR) is 56.5 cm³/mol. The van der Waals surface area contributed by atoms with Crippen LogP contribution in [0.2, 0.25) is 0 Å². The molecule has 0 saturated heterocycles. The second kappa shape index (κ2) is 3.78. The molecule has 0 bridgehead atoms. The van der Waals surface area contributed by atoms with E-state index in [2.05, 4.69) is 53.4 Å². The number of nitrogens with zero attached hydrogens (tertiary/aromatic N) is 1. The Balaban J connectivity index is 4.20. The summed E-state index contributed by atoms with van der Waals surface area (Å²) in [6, 6.07) is 0. The van der Waals surface area contributed by atoms with Crippen molar-refractivity contribution in [2.75, 3.05) is 13.1 Å². The van der Waals surface area contributed by atoms with Gasteiger partial charge in [-0.25, -0.2) is 0 Å². The van der Waals surface area contributed by atoms with Crippen molar-refractivity contribution in [3.05, 3.63) is 0 Å². The Morgan fingerprint density at radius 3 is 1.42 bits per heavy atom. The summed E-state index contributed by atoms with van der Waals surface area (Å²) in [7, 11) is 0. The van der Waals surface area contributed by atoms with Gasteiger partial charge in [0, 0.05) is 12.1 Å². The van der Waals surface area contributed by atoms with Crippen molar-refractivity contribution in [1.82, 2.24) is 4.90 Å². The summed E-state index contributed by atoms with van der Waals surface area (Å²) in [5.74, 6) is 0. The summed E-state index contributed by atoms with van der Waals surface area (Å²) in [6.07, 6.45) is 0. The average molecular weight is 171 g/mol. The fourth-order valence-electron chi connectivity index (χ4n) is 1.40. The molecule has 0 amide bonds. The minimum absolute atomic E-state index is 0.308. The van der Waals surface area contributed by atoms with Gasteiger partial charge in [-0.2, -0.15) is 0 Å². The second-order valence-corrected chi connectivity index (χ2v) is 5.75. The minimum Gasteiger partial charge on any atom is -0.298 e. The number of hydrogen-bond donors (Lipinski definition) is 0. The molecule has 0 heterocycles. The molecular formula is C11H25N. The first-order valence-electron chi connectivity index (χ1n) is 4.92. The standard InChI is InChI=1S/C11H25N/c1-8-12(11(5,6)7)9-10(2,3)4/h8-9H2,1-7H3. The van der Waals surface area contributed by atoms with Crippen molar-refractivity contribution < 1.29 is 0 Å². The Hall–Kier alpha value is -0.0400. The maximum atomic E-state index is 2.52. The van der Waals surface area contributed by atoms with Crippen LogP contribution in [0, 0.1) is 5.41 Å². The van der Waals surface area contributed by atoms with Gasteiger partial charge in [0.2, 0.25) is 0 Å². The van der Waals surface area contributed by atoms with E-state index in [-0.39, 0.29) is 0 Å². The van der Waals surface area contributed by atoms with Crippen LogP contribution < -0.4 is 0 Å². The van der Waals surface area contributed by atoms with Crippen LogP contribution in [-0.4, -0.2) is 23.5 Å². The largest absolute Gasteiger partial charge is 0.298 e. The zero-order valence-corrected chi connectivity index (χ0v) is 9.86. The van der Waals surface area contributed by atoms with Gasteiger partial charge in [-0.15, -0.1) is 0 Å². The van der Waals surface area contributed by atoms with Crippen molar-refractivity contribution in [1.29, 1.82) is 0 Å². The van der Waals surface area contributed by atoms with Gasteiger partial charge in [0.05, 0.1) is 0 Å². The predicted octanol–water partition coefficient (Wildman–Crippen LogP) is 3.15. The van der Waals surface area contributed by atoms with E-state index in [9.17, 15) is 0 Å². The van der Waals surface area contributed by atoms with Crippen molar-refractivity contribution in [2.45, 2.75) is 54.0 Å². The molecule has 0 rings (SSSR count). The van der Waals surface area contributed by atoms with E-state index in [0.29, 0.717) is 11.0 Å². The molecule has 0 aromatic heterocycles. The Labute approximate surface area is 78.1 Å². The normalized spacial score (nSPS) is 14.0. The molecule has 0 unspecified atom stereocenters. The molecule has 0 radical (unpaired) electrons. The van der Waals surface area contributed by atoms with Crippen molar-refractivity contribution in [3.8, 4) is 0 Å². The molecule has 0 aliphatic rings. The third-order valence-electron chi connectivity index (χ3n) is 2.00. The molecule has 0 aromatic carbocycles. The van der Waals surface area contributed by atoms with Crippen LogP contribution >= 0.6 is 0 Å². The molecular weight excluding hydrogens is 146 g/mol. The molecule has 0 saturated carbocycles. The van der Waals surface area contributed by atoms with Gasteiger partial charge in [-0.3, -0.25) is 4.90 Å². The van der Waals surface area contributed by atoms with Gasteiger partial charge in [0.15, 0.2) is 0 Å². The van der Waals surface area contributed by atoms with Gasteiger partial charge in [0.1, 0.15) is 0 Å². The lowest BCUT2D eigenvalue weighted by atomic mass is 9.93. The maximum Gasteiger partial charge on any atom is 0.0125 e. The highest BCUT2D eigenvalue weighted by atomic mass is 15.2. The monoisotopic (exact) mass is 171 g/mol. The Kier molecular flexibility index (Phi) is 3.77. The fourth-order valence-corrected chi connectivity index (χ4v) is 1.40. The highest BCUT2D eigenvalue weighted by molar-refractivity contribution is 4.79. The molecule has 0 N–H and O–H groups in total. The van der Waals surface area contributed by atoms with Crippen LogP contribution in [0.15, 0.2) is 0 Å². The molecule has 0 aromatic rings. The summed E-state index contributed by atoms with van der Waals surface area (Å²) in [4.78, 5) is 2.52. The first kappa shape index (κ1) is 12.0. The lowest BCUT2D eigenvalue weighted by Gasteiger charge is -2.39. The maximum absolute atomic E-state index is 2.52. The molecule has 0 aliphatic carbocycles. The van der Waals surface area contributed by atoms with Gasteiger partial charge < -0.3 is 0 Å². The van der Waals surface area contributed by atoms with E-state index in [0.717, 1.165) is 6.54 Å². The van der Waals surface area contributed by atoms with Crippen LogP contribution in [-0.2, 0) is 0 Å². The quantitative estimate of drug-likeness (QED) is 0.617. The van der Waals surface area contributed by atoms with Gasteiger partial charge in [0.25, 0.3) is 0 Å². The molecule has 0 fully saturated rings. The zero-order chi connectivity index (χ0) is 9.99. The molecule has 0 atom stereocenters. The summed E-state index contributed by atoms with van der Waals surface area (Å²) in [5, 5.41) is 0. The van der Waals surface area contributed by atoms with E-state index in [4.69, 9.17) is 0 Å². The van der Waals surface area contributed by atoms with Crippen LogP contribution in [0.4, 0.5) is 0 Å². The lowest BCUT2D eigenvalue weighted by Crippen LogP contribution is -2.45. The smallest absolute Gasteiger partial charge is 0.0125 e. The lowest BCUT2D eigenvalue weighted by molar-refractivity contribution is 0.0980. The van der Waals surface area contributed by atoms with Crippen molar-refractivity contribution >= 4 is 0 Å². The van der Waals surface area contributed by atoms with Gasteiger partial charge in [-0.1, -0.05) is 27.7 Å². The van der Waals surface area contributed by atoms with Gasteiger partial charge >= 0.3 is 0 Å². The summed E-state index contributed by atoms with van der Waals surface area (Å²) < 4.78 is 0. The molecule has 74 valence electrons. The third-order valence-corrected chi connectivity index (χ3v) is 2.00. The highest BCUT2D eigenvalue weighted by Crippen LogP contribution is 2.21. The molecule has 12 heavy (non-hydrogen) atoms. The van der Waals surface area contributed by atoms with Crippen molar-refractivity contribution in [2.24, 2.45) is 5.41 Å². The first-order valence-corrected chi connectivity index (χ1v) is 4.92. The molecule has 0 aliphatic heterocycles. The summed E-state index contributed by atoms with van der Waals surface area (Å²) in [5.41, 5.74) is 0.714. The summed E-state index contributed by atoms with van der Waals surface area (Å²) in [6.45, 7) is 18.3. The van der Waals surface area contributed by atoms with Crippen molar-refractivity contribution in [3.63, 3.8) is 0 Å². The van der Waals surface area contributed by atoms with Crippen LogP contribution in [0.5, 0.6) is 0 Å². The SMILES string of the molecule is CCN(CC(C)(C)C)C(C)(C)C. The van der Waals surface area contributed by atoms with E-state index < -0.39 is 0 Å². The van der Waals surface area contributed by atoms with E-state index in [1.54, 1.807) is 0 Å². The highest BCUT2D eigenvalue weighted by Gasteiger charge is 2.24. The fraction of sp³-hybridized carbons (Fsp3) is 1.00. The van der Waals surface area contributed by atoms with E-state index in [1.807, 2.05) is 0 Å².